The number of rotatable bonds is 8. The molecule has 0 aliphatic rings. The van der Waals surface area contributed by atoms with Gasteiger partial charge in [0.1, 0.15) is 10.5 Å². The first-order valence-electron chi connectivity index (χ1n) is 9.73. The summed E-state index contributed by atoms with van der Waals surface area (Å²) in [5.74, 6) is 0.974. The normalized spacial score (nSPS) is 11.7. The average molecular weight is 443 g/mol. The number of H-pyrrole nitrogens is 1. The fraction of sp³-hybridized carbons (Fsp3) is 0.333. The number of aromatic nitrogens is 4. The SMILES string of the molecule is CC(C)OCCCn1c(SCc2nc3ccsc3c(=O)[nH]2)nc2ccccc2c1=O. The number of fused-ring (bicyclic) bond motifs is 2. The number of aromatic amines is 1. The van der Waals surface area contributed by atoms with Crippen LogP contribution in [0.15, 0.2) is 50.5 Å². The lowest BCUT2D eigenvalue weighted by atomic mass is 10.2. The molecule has 0 atom stereocenters. The maximum absolute atomic E-state index is 13.1. The van der Waals surface area contributed by atoms with Crippen LogP contribution in [0.4, 0.5) is 0 Å². The molecule has 0 spiro atoms. The first-order valence-corrected chi connectivity index (χ1v) is 11.6. The Labute approximate surface area is 181 Å². The predicted molar refractivity (Wildman–Crippen MR) is 122 cm³/mol. The van der Waals surface area contributed by atoms with Crippen LogP contribution < -0.4 is 11.1 Å². The largest absolute Gasteiger partial charge is 0.379 e. The van der Waals surface area contributed by atoms with Gasteiger partial charge in [-0.25, -0.2) is 9.97 Å². The Balaban J connectivity index is 1.62. The molecule has 1 aromatic carbocycles. The monoisotopic (exact) mass is 442 g/mol. The van der Waals surface area contributed by atoms with Gasteiger partial charge in [-0.15, -0.1) is 11.3 Å². The summed E-state index contributed by atoms with van der Waals surface area (Å²) in [5, 5.41) is 3.06. The first-order chi connectivity index (χ1) is 14.5. The van der Waals surface area contributed by atoms with Crippen molar-refractivity contribution in [3.63, 3.8) is 0 Å². The number of para-hydroxylation sites is 1. The van der Waals surface area contributed by atoms with Gasteiger partial charge in [0.15, 0.2) is 5.16 Å². The molecule has 0 aliphatic heterocycles. The zero-order valence-corrected chi connectivity index (χ0v) is 18.4. The van der Waals surface area contributed by atoms with Gasteiger partial charge >= 0.3 is 0 Å². The average Bonchev–Trinajstić information content (AvgIpc) is 3.20. The lowest BCUT2D eigenvalue weighted by molar-refractivity contribution is 0.0743. The molecule has 4 aromatic rings. The Hall–Kier alpha value is -2.49. The van der Waals surface area contributed by atoms with E-state index >= 15 is 0 Å². The summed E-state index contributed by atoms with van der Waals surface area (Å²) < 4.78 is 7.93. The van der Waals surface area contributed by atoms with Gasteiger partial charge in [-0.3, -0.25) is 14.2 Å². The number of benzene rings is 1. The molecular weight excluding hydrogens is 420 g/mol. The van der Waals surface area contributed by atoms with Crippen molar-refractivity contribution >= 4 is 44.2 Å². The van der Waals surface area contributed by atoms with Crippen molar-refractivity contribution in [1.29, 1.82) is 0 Å². The second-order valence-corrected chi connectivity index (χ2v) is 8.94. The standard InChI is InChI=1S/C21H22N4O3S2/c1-13(2)28-10-5-9-25-20(27)14-6-3-4-7-15(14)23-21(25)30-12-17-22-16-8-11-29-18(16)19(26)24-17/h3-4,6-8,11,13H,5,9-10,12H2,1-2H3,(H,22,24,26). The number of hydrogen-bond donors (Lipinski definition) is 1. The molecule has 0 radical (unpaired) electrons. The molecule has 0 amide bonds. The minimum atomic E-state index is -0.139. The van der Waals surface area contributed by atoms with Crippen LogP contribution in [0.1, 0.15) is 26.1 Å². The number of ether oxygens (including phenoxy) is 1. The molecule has 30 heavy (non-hydrogen) atoms. The highest BCUT2D eigenvalue weighted by atomic mass is 32.2. The van der Waals surface area contributed by atoms with E-state index in [-0.39, 0.29) is 17.2 Å². The quantitative estimate of drug-likeness (QED) is 0.254. The van der Waals surface area contributed by atoms with Crippen molar-refractivity contribution in [3.8, 4) is 0 Å². The highest BCUT2D eigenvalue weighted by molar-refractivity contribution is 7.98. The first kappa shape index (κ1) is 20.8. The highest BCUT2D eigenvalue weighted by Gasteiger charge is 2.13. The van der Waals surface area contributed by atoms with Crippen molar-refractivity contribution in [2.24, 2.45) is 0 Å². The van der Waals surface area contributed by atoms with Crippen molar-refractivity contribution in [2.45, 2.75) is 43.8 Å². The molecule has 0 unspecified atom stereocenters. The Bertz CT molecular complexity index is 1290. The second-order valence-electron chi connectivity index (χ2n) is 7.08. The lowest BCUT2D eigenvalue weighted by Crippen LogP contribution is -2.24. The number of nitrogens with zero attached hydrogens (tertiary/aromatic N) is 3. The fourth-order valence-electron chi connectivity index (χ4n) is 3.12. The zero-order chi connectivity index (χ0) is 21.1. The Morgan fingerprint density at radius 1 is 1.17 bits per heavy atom. The molecule has 7 nitrogen and oxygen atoms in total. The molecule has 0 saturated carbocycles. The van der Waals surface area contributed by atoms with Gasteiger partial charge < -0.3 is 9.72 Å². The molecule has 4 rings (SSSR count). The zero-order valence-electron chi connectivity index (χ0n) is 16.8. The Morgan fingerprint density at radius 3 is 2.83 bits per heavy atom. The minimum absolute atomic E-state index is 0.0672. The van der Waals surface area contributed by atoms with Crippen molar-refractivity contribution in [1.82, 2.24) is 19.5 Å². The van der Waals surface area contributed by atoms with E-state index in [1.807, 2.05) is 43.5 Å². The summed E-state index contributed by atoms with van der Waals surface area (Å²) in [4.78, 5) is 37.4. The Morgan fingerprint density at radius 2 is 2.00 bits per heavy atom. The number of nitrogens with one attached hydrogen (secondary N) is 1. The van der Waals surface area contributed by atoms with Gasteiger partial charge in [-0.1, -0.05) is 23.9 Å². The summed E-state index contributed by atoms with van der Waals surface area (Å²) in [6.07, 6.45) is 0.863. The molecule has 0 bridgehead atoms. The Kier molecular flexibility index (Phi) is 6.31. The topological polar surface area (TPSA) is 89.9 Å². The van der Waals surface area contributed by atoms with Gasteiger partial charge in [0, 0.05) is 13.2 Å². The molecule has 156 valence electrons. The molecule has 3 heterocycles. The number of thiophene rings is 1. The van der Waals surface area contributed by atoms with Crippen LogP contribution in [0.5, 0.6) is 0 Å². The number of thioether (sulfide) groups is 1. The third-order valence-electron chi connectivity index (χ3n) is 4.51. The lowest BCUT2D eigenvalue weighted by Gasteiger charge is -2.14. The van der Waals surface area contributed by atoms with Crippen LogP contribution in [0.25, 0.3) is 21.1 Å². The minimum Gasteiger partial charge on any atom is -0.379 e. The van der Waals surface area contributed by atoms with E-state index < -0.39 is 0 Å². The van der Waals surface area contributed by atoms with E-state index in [1.165, 1.54) is 23.1 Å². The van der Waals surface area contributed by atoms with E-state index in [0.29, 0.717) is 57.4 Å². The summed E-state index contributed by atoms with van der Waals surface area (Å²) >= 11 is 2.77. The summed E-state index contributed by atoms with van der Waals surface area (Å²) in [6, 6.07) is 9.18. The van der Waals surface area contributed by atoms with Crippen molar-refractivity contribution < 1.29 is 4.74 Å². The third-order valence-corrected chi connectivity index (χ3v) is 6.40. The molecule has 0 aliphatic carbocycles. The van der Waals surface area contributed by atoms with E-state index in [2.05, 4.69) is 9.97 Å². The van der Waals surface area contributed by atoms with Crippen LogP contribution in [-0.2, 0) is 17.0 Å². The van der Waals surface area contributed by atoms with Crippen molar-refractivity contribution in [2.75, 3.05) is 6.61 Å². The summed E-state index contributed by atoms with van der Waals surface area (Å²) in [5.41, 5.74) is 1.14. The highest BCUT2D eigenvalue weighted by Crippen LogP contribution is 2.22. The predicted octanol–water partition coefficient (Wildman–Crippen LogP) is 3.80. The van der Waals surface area contributed by atoms with E-state index in [0.717, 1.165) is 0 Å². The molecule has 0 fully saturated rings. The van der Waals surface area contributed by atoms with Gasteiger partial charge in [0.05, 0.1) is 28.3 Å². The van der Waals surface area contributed by atoms with Crippen LogP contribution in [0.3, 0.4) is 0 Å². The smallest absolute Gasteiger partial charge is 0.268 e. The van der Waals surface area contributed by atoms with Crippen molar-refractivity contribution in [3.05, 3.63) is 62.2 Å². The molecule has 1 N–H and O–H groups in total. The maximum Gasteiger partial charge on any atom is 0.268 e. The van der Waals surface area contributed by atoms with Crippen LogP contribution in [0, 0.1) is 0 Å². The van der Waals surface area contributed by atoms with E-state index in [9.17, 15) is 9.59 Å². The fourth-order valence-corrected chi connectivity index (χ4v) is 4.74. The van der Waals surface area contributed by atoms with Gasteiger partial charge in [0.2, 0.25) is 0 Å². The number of hydrogen-bond acceptors (Lipinski definition) is 7. The third kappa shape index (κ3) is 4.48. The molecule has 9 heteroatoms. The molecule has 3 aromatic heterocycles. The van der Waals surface area contributed by atoms with Crippen LogP contribution >= 0.6 is 23.1 Å². The second kappa shape index (κ2) is 9.11. The summed E-state index contributed by atoms with van der Waals surface area (Å²) in [6.45, 7) is 5.07. The van der Waals surface area contributed by atoms with E-state index in [4.69, 9.17) is 9.72 Å². The maximum atomic E-state index is 13.1. The van der Waals surface area contributed by atoms with Gasteiger partial charge in [0.25, 0.3) is 11.1 Å². The van der Waals surface area contributed by atoms with E-state index in [1.54, 1.807) is 10.6 Å². The summed E-state index contributed by atoms with van der Waals surface area (Å²) in [7, 11) is 0. The van der Waals surface area contributed by atoms with Gasteiger partial charge in [-0.05, 0) is 43.8 Å². The molecule has 0 saturated heterocycles. The molecular formula is C21H22N4O3S2. The van der Waals surface area contributed by atoms with Crippen LogP contribution in [0.2, 0.25) is 0 Å². The van der Waals surface area contributed by atoms with Gasteiger partial charge in [-0.2, -0.15) is 0 Å². The van der Waals surface area contributed by atoms with Crippen LogP contribution in [-0.4, -0.2) is 32.2 Å².